The number of rotatable bonds is 5. The molecule has 0 aliphatic heterocycles. The van der Waals surface area contributed by atoms with Gasteiger partial charge in [0.25, 0.3) is 0 Å². The van der Waals surface area contributed by atoms with Crippen molar-refractivity contribution in [2.75, 3.05) is 6.54 Å². The van der Waals surface area contributed by atoms with Crippen molar-refractivity contribution in [1.29, 1.82) is 0 Å². The fraction of sp³-hybridized carbons (Fsp3) is 0.286. The van der Waals surface area contributed by atoms with Crippen LogP contribution in [0.3, 0.4) is 0 Å². The molecule has 19 heavy (non-hydrogen) atoms. The highest BCUT2D eigenvalue weighted by Crippen LogP contribution is 2.19. The summed E-state index contributed by atoms with van der Waals surface area (Å²) in [4.78, 5) is 11.4. The molecule has 0 aliphatic carbocycles. The van der Waals surface area contributed by atoms with Gasteiger partial charge in [0.1, 0.15) is 0 Å². The van der Waals surface area contributed by atoms with Gasteiger partial charge >= 0.3 is 0 Å². The molecule has 0 unspecified atom stereocenters. The SMILES string of the molecule is Cn1cc(-c2cccc(CNC(=O)CCN)c2)cn1. The number of nitrogens with zero attached hydrogens (tertiary/aromatic N) is 2. The van der Waals surface area contributed by atoms with E-state index in [1.165, 1.54) is 0 Å². The molecule has 2 aromatic rings. The van der Waals surface area contributed by atoms with Crippen molar-refractivity contribution in [2.45, 2.75) is 13.0 Å². The van der Waals surface area contributed by atoms with E-state index in [2.05, 4.69) is 16.5 Å². The molecule has 0 saturated carbocycles. The Bertz CT molecular complexity index is 562. The van der Waals surface area contributed by atoms with E-state index in [0.29, 0.717) is 19.5 Å². The number of hydrogen-bond acceptors (Lipinski definition) is 3. The molecule has 2 rings (SSSR count). The molecule has 3 N–H and O–H groups in total. The zero-order chi connectivity index (χ0) is 13.7. The molecule has 0 saturated heterocycles. The first-order valence-corrected chi connectivity index (χ1v) is 6.24. The molecule has 5 nitrogen and oxygen atoms in total. The van der Waals surface area contributed by atoms with Crippen LogP contribution in [-0.2, 0) is 18.4 Å². The summed E-state index contributed by atoms with van der Waals surface area (Å²) in [5.74, 6) is -0.0192. The maximum atomic E-state index is 11.4. The number of aryl methyl sites for hydroxylation is 1. The van der Waals surface area contributed by atoms with Crippen LogP contribution in [0, 0.1) is 0 Å². The zero-order valence-corrected chi connectivity index (χ0v) is 11.0. The van der Waals surface area contributed by atoms with Crippen molar-refractivity contribution in [3.05, 3.63) is 42.2 Å². The molecule has 5 heteroatoms. The van der Waals surface area contributed by atoms with E-state index < -0.39 is 0 Å². The summed E-state index contributed by atoms with van der Waals surface area (Å²) in [5, 5.41) is 7.00. The van der Waals surface area contributed by atoms with E-state index >= 15 is 0 Å². The van der Waals surface area contributed by atoms with E-state index in [1.807, 2.05) is 37.6 Å². The van der Waals surface area contributed by atoms with Gasteiger partial charge in [-0.3, -0.25) is 9.48 Å². The average Bonchev–Trinajstić information content (AvgIpc) is 2.84. The molecular weight excluding hydrogens is 240 g/mol. The van der Waals surface area contributed by atoms with Crippen molar-refractivity contribution in [2.24, 2.45) is 12.8 Å². The lowest BCUT2D eigenvalue weighted by atomic mass is 10.1. The first-order chi connectivity index (χ1) is 9.19. The summed E-state index contributed by atoms with van der Waals surface area (Å²) in [6.07, 6.45) is 4.15. The minimum absolute atomic E-state index is 0.0192. The smallest absolute Gasteiger partial charge is 0.221 e. The molecule has 100 valence electrons. The number of benzene rings is 1. The highest BCUT2D eigenvalue weighted by atomic mass is 16.1. The third-order valence-electron chi connectivity index (χ3n) is 2.83. The largest absolute Gasteiger partial charge is 0.352 e. The normalized spacial score (nSPS) is 10.4. The summed E-state index contributed by atoms with van der Waals surface area (Å²) < 4.78 is 1.77. The number of amides is 1. The molecule has 0 aliphatic rings. The molecule has 0 atom stereocenters. The van der Waals surface area contributed by atoms with Gasteiger partial charge in [-0.15, -0.1) is 0 Å². The molecular formula is C14H18N4O. The summed E-state index contributed by atoms with van der Waals surface area (Å²) in [6.45, 7) is 0.897. The minimum atomic E-state index is -0.0192. The van der Waals surface area contributed by atoms with Crippen LogP contribution in [0.1, 0.15) is 12.0 Å². The highest BCUT2D eigenvalue weighted by molar-refractivity contribution is 5.76. The number of nitrogens with one attached hydrogen (secondary N) is 1. The van der Waals surface area contributed by atoms with Crippen molar-refractivity contribution in [3.8, 4) is 11.1 Å². The standard InChI is InChI=1S/C14H18N4O/c1-18-10-13(9-17-18)12-4-2-3-11(7-12)8-16-14(19)5-6-15/h2-4,7,9-10H,5-6,8,15H2,1H3,(H,16,19). The van der Waals surface area contributed by atoms with Gasteiger partial charge in [0, 0.05) is 38.3 Å². The van der Waals surface area contributed by atoms with Crippen LogP contribution in [-0.4, -0.2) is 22.2 Å². The lowest BCUT2D eigenvalue weighted by Gasteiger charge is -2.06. The number of aromatic nitrogens is 2. The Balaban J connectivity index is 2.05. The Morgan fingerprint density at radius 1 is 1.42 bits per heavy atom. The molecule has 0 fully saturated rings. The lowest BCUT2D eigenvalue weighted by molar-refractivity contribution is -0.121. The van der Waals surface area contributed by atoms with Crippen LogP contribution in [0.15, 0.2) is 36.7 Å². The predicted molar refractivity (Wildman–Crippen MR) is 74.2 cm³/mol. The summed E-state index contributed by atoms with van der Waals surface area (Å²) >= 11 is 0. The van der Waals surface area contributed by atoms with Crippen LogP contribution >= 0.6 is 0 Å². The van der Waals surface area contributed by atoms with Gasteiger partial charge in [-0.25, -0.2) is 0 Å². The highest BCUT2D eigenvalue weighted by Gasteiger charge is 2.03. The number of nitrogens with two attached hydrogens (primary N) is 1. The van der Waals surface area contributed by atoms with Gasteiger partial charge in [0.05, 0.1) is 6.20 Å². The number of carbonyl (C=O) groups excluding carboxylic acids is 1. The first-order valence-electron chi connectivity index (χ1n) is 6.24. The number of hydrogen-bond donors (Lipinski definition) is 2. The van der Waals surface area contributed by atoms with E-state index in [0.717, 1.165) is 16.7 Å². The third-order valence-corrected chi connectivity index (χ3v) is 2.83. The van der Waals surface area contributed by atoms with Crippen molar-refractivity contribution in [1.82, 2.24) is 15.1 Å². The van der Waals surface area contributed by atoms with Crippen molar-refractivity contribution < 1.29 is 4.79 Å². The predicted octanol–water partition coefficient (Wildman–Crippen LogP) is 1.05. The quantitative estimate of drug-likeness (QED) is 0.842. The van der Waals surface area contributed by atoms with Gasteiger partial charge in [-0.05, 0) is 17.2 Å². The van der Waals surface area contributed by atoms with Gasteiger partial charge < -0.3 is 11.1 Å². The fourth-order valence-corrected chi connectivity index (χ4v) is 1.85. The zero-order valence-electron chi connectivity index (χ0n) is 11.0. The van der Waals surface area contributed by atoms with Gasteiger partial charge in [0.2, 0.25) is 5.91 Å². The van der Waals surface area contributed by atoms with Crippen molar-refractivity contribution in [3.63, 3.8) is 0 Å². The van der Waals surface area contributed by atoms with Crippen molar-refractivity contribution >= 4 is 5.91 Å². The minimum Gasteiger partial charge on any atom is -0.352 e. The number of carbonyl (C=O) groups is 1. The van der Waals surface area contributed by atoms with E-state index in [-0.39, 0.29) is 5.91 Å². The molecule has 1 aromatic carbocycles. The van der Waals surface area contributed by atoms with Crippen LogP contribution < -0.4 is 11.1 Å². The van der Waals surface area contributed by atoms with Crippen LogP contribution in [0.4, 0.5) is 0 Å². The second-order valence-corrected chi connectivity index (χ2v) is 4.42. The summed E-state index contributed by atoms with van der Waals surface area (Å²) in [7, 11) is 1.89. The van der Waals surface area contributed by atoms with E-state index in [9.17, 15) is 4.79 Å². The Hall–Kier alpha value is -2.14. The average molecular weight is 258 g/mol. The van der Waals surface area contributed by atoms with E-state index in [1.54, 1.807) is 4.68 Å². The molecule has 1 amide bonds. The first kappa shape index (κ1) is 13.3. The Labute approximate surface area is 112 Å². The molecule has 1 aromatic heterocycles. The second-order valence-electron chi connectivity index (χ2n) is 4.42. The van der Waals surface area contributed by atoms with E-state index in [4.69, 9.17) is 5.73 Å². The molecule has 0 bridgehead atoms. The monoisotopic (exact) mass is 258 g/mol. The maximum Gasteiger partial charge on any atom is 0.221 e. The Morgan fingerprint density at radius 2 is 2.26 bits per heavy atom. The topological polar surface area (TPSA) is 72.9 Å². The van der Waals surface area contributed by atoms with Crippen LogP contribution in [0.25, 0.3) is 11.1 Å². The molecule has 0 radical (unpaired) electrons. The van der Waals surface area contributed by atoms with Gasteiger partial charge in [0.15, 0.2) is 0 Å². The second kappa shape index (κ2) is 6.15. The Morgan fingerprint density at radius 3 is 2.95 bits per heavy atom. The fourth-order valence-electron chi connectivity index (χ4n) is 1.85. The summed E-state index contributed by atoms with van der Waals surface area (Å²) in [5.41, 5.74) is 8.56. The van der Waals surface area contributed by atoms with Gasteiger partial charge in [-0.2, -0.15) is 5.10 Å². The summed E-state index contributed by atoms with van der Waals surface area (Å²) in [6, 6.07) is 8.05. The maximum absolute atomic E-state index is 11.4. The third kappa shape index (κ3) is 3.66. The molecule has 0 spiro atoms. The van der Waals surface area contributed by atoms with Crippen LogP contribution in [0.2, 0.25) is 0 Å². The Kier molecular flexibility index (Phi) is 4.30. The van der Waals surface area contributed by atoms with Gasteiger partial charge in [-0.1, -0.05) is 18.2 Å². The van der Waals surface area contributed by atoms with Crippen LogP contribution in [0.5, 0.6) is 0 Å². The lowest BCUT2D eigenvalue weighted by Crippen LogP contribution is -2.24. The molecule has 1 heterocycles.